The van der Waals surface area contributed by atoms with E-state index in [0.29, 0.717) is 0 Å². The van der Waals surface area contributed by atoms with Crippen molar-refractivity contribution in [1.82, 2.24) is 0 Å². The van der Waals surface area contributed by atoms with Gasteiger partial charge in [0.25, 0.3) is 0 Å². The van der Waals surface area contributed by atoms with Crippen LogP contribution in [0.1, 0.15) is 33.4 Å². The number of rotatable bonds is 0. The molecule has 1 aliphatic carbocycles. The van der Waals surface area contributed by atoms with Crippen LogP contribution in [0.15, 0.2) is 24.3 Å². The van der Waals surface area contributed by atoms with Gasteiger partial charge in [0.15, 0.2) is 0 Å². The second kappa shape index (κ2) is 3.46. The molecule has 0 aromatic heterocycles. The molecule has 0 atom stereocenters. The van der Waals surface area contributed by atoms with Gasteiger partial charge >= 0.3 is 0 Å². The Hall–Kier alpha value is -1.56. The first-order valence-corrected chi connectivity index (χ1v) is 6.28. The summed E-state index contributed by atoms with van der Waals surface area (Å²) in [6.45, 7) is 8.92. The molecule has 0 saturated heterocycles. The molecule has 0 heteroatoms. The highest BCUT2D eigenvalue weighted by Crippen LogP contribution is 2.43. The Morgan fingerprint density at radius 2 is 0.941 bits per heavy atom. The average molecular weight is 222 g/mol. The fourth-order valence-corrected chi connectivity index (χ4v) is 3.07. The van der Waals surface area contributed by atoms with Crippen LogP contribution < -0.4 is 0 Å². The molecule has 0 heterocycles. The molecule has 0 unspecified atom stereocenters. The highest BCUT2D eigenvalue weighted by atomic mass is 14.3. The van der Waals surface area contributed by atoms with Crippen molar-refractivity contribution < 1.29 is 0 Å². The van der Waals surface area contributed by atoms with Crippen LogP contribution in [0.4, 0.5) is 0 Å². The summed E-state index contributed by atoms with van der Waals surface area (Å²) in [4.78, 5) is 0. The van der Waals surface area contributed by atoms with Crippen molar-refractivity contribution in [2.75, 3.05) is 0 Å². The maximum absolute atomic E-state index is 2.26. The van der Waals surface area contributed by atoms with E-state index in [2.05, 4.69) is 52.0 Å². The Morgan fingerprint density at radius 3 is 1.35 bits per heavy atom. The quantitative estimate of drug-likeness (QED) is 0.525. The van der Waals surface area contributed by atoms with E-state index in [4.69, 9.17) is 0 Å². The van der Waals surface area contributed by atoms with Gasteiger partial charge < -0.3 is 0 Å². The average Bonchev–Trinajstić information content (AvgIpc) is 2.71. The van der Waals surface area contributed by atoms with Crippen molar-refractivity contribution in [2.45, 2.75) is 34.1 Å². The van der Waals surface area contributed by atoms with Gasteiger partial charge in [0.2, 0.25) is 0 Å². The van der Waals surface area contributed by atoms with E-state index in [1.807, 2.05) is 0 Å². The third-order valence-corrected chi connectivity index (χ3v) is 4.11. The number of benzene rings is 2. The highest BCUT2D eigenvalue weighted by molar-refractivity contribution is 5.83. The van der Waals surface area contributed by atoms with Gasteiger partial charge in [-0.2, -0.15) is 0 Å². The maximum Gasteiger partial charge on any atom is -0.000799 e. The fourth-order valence-electron chi connectivity index (χ4n) is 3.07. The Balaban J connectivity index is 2.42. The molecule has 0 N–H and O–H groups in total. The first-order valence-electron chi connectivity index (χ1n) is 6.28. The van der Waals surface area contributed by atoms with E-state index >= 15 is 0 Å². The van der Waals surface area contributed by atoms with Crippen LogP contribution in [0, 0.1) is 27.7 Å². The summed E-state index contributed by atoms with van der Waals surface area (Å²) in [7, 11) is 0. The van der Waals surface area contributed by atoms with E-state index in [0.717, 1.165) is 6.42 Å². The van der Waals surface area contributed by atoms with Crippen LogP contribution in [-0.2, 0) is 6.42 Å². The van der Waals surface area contributed by atoms with Gasteiger partial charge in [-0.15, -0.1) is 0 Å². The molecule has 2 aromatic rings. The predicted octanol–water partition coefficient (Wildman–Crippen LogP) is 4.49. The third kappa shape index (κ3) is 1.37. The normalized spacial score (nSPS) is 12.5. The third-order valence-electron chi connectivity index (χ3n) is 4.11. The van der Waals surface area contributed by atoms with E-state index in [1.54, 1.807) is 0 Å². The lowest BCUT2D eigenvalue weighted by atomic mass is 9.94. The van der Waals surface area contributed by atoms with Crippen LogP contribution in [0.5, 0.6) is 0 Å². The van der Waals surface area contributed by atoms with Gasteiger partial charge in [-0.3, -0.25) is 0 Å². The summed E-state index contributed by atoms with van der Waals surface area (Å²) < 4.78 is 0. The van der Waals surface area contributed by atoms with Gasteiger partial charge in [-0.1, -0.05) is 24.3 Å². The molecule has 2 aromatic carbocycles. The summed E-state index contributed by atoms with van der Waals surface area (Å²) in [6.07, 6.45) is 1.12. The van der Waals surface area contributed by atoms with Crippen molar-refractivity contribution in [1.29, 1.82) is 0 Å². The molecule has 1 aliphatic rings. The lowest BCUT2D eigenvalue weighted by Crippen LogP contribution is -1.89. The van der Waals surface area contributed by atoms with Crippen molar-refractivity contribution in [3.8, 4) is 11.1 Å². The minimum absolute atomic E-state index is 1.12. The zero-order valence-corrected chi connectivity index (χ0v) is 11.0. The van der Waals surface area contributed by atoms with Crippen LogP contribution in [0.25, 0.3) is 11.1 Å². The summed E-state index contributed by atoms with van der Waals surface area (Å²) in [6, 6.07) is 9.02. The summed E-state index contributed by atoms with van der Waals surface area (Å²) in [5.74, 6) is 0. The van der Waals surface area contributed by atoms with Crippen LogP contribution in [0.3, 0.4) is 0 Å². The first-order chi connectivity index (χ1) is 8.09. The predicted molar refractivity (Wildman–Crippen MR) is 73.6 cm³/mol. The van der Waals surface area contributed by atoms with Gasteiger partial charge in [0, 0.05) is 0 Å². The monoisotopic (exact) mass is 222 g/mol. The van der Waals surface area contributed by atoms with Crippen molar-refractivity contribution in [3.63, 3.8) is 0 Å². The SMILES string of the molecule is Cc1ccc(C)c2c1Cc1c(C)ccc(C)c1-2. The molecular formula is C17H18. The van der Waals surface area contributed by atoms with E-state index in [-0.39, 0.29) is 0 Å². The molecule has 0 nitrogen and oxygen atoms in total. The molecule has 0 spiro atoms. The van der Waals surface area contributed by atoms with Crippen molar-refractivity contribution >= 4 is 0 Å². The van der Waals surface area contributed by atoms with E-state index < -0.39 is 0 Å². The van der Waals surface area contributed by atoms with Crippen molar-refractivity contribution in [3.05, 3.63) is 57.6 Å². The minimum Gasteiger partial charge on any atom is -0.0587 e. The van der Waals surface area contributed by atoms with E-state index in [1.165, 1.54) is 44.5 Å². The molecule has 0 fully saturated rings. The zero-order chi connectivity index (χ0) is 12.2. The lowest BCUT2D eigenvalue weighted by molar-refractivity contribution is 1.18. The Labute approximate surface area is 103 Å². The number of fused-ring (bicyclic) bond motifs is 3. The zero-order valence-electron chi connectivity index (χ0n) is 11.0. The summed E-state index contributed by atoms with van der Waals surface area (Å²) in [5.41, 5.74) is 11.8. The second-order valence-corrected chi connectivity index (χ2v) is 5.28. The van der Waals surface area contributed by atoms with Crippen LogP contribution in [0.2, 0.25) is 0 Å². The lowest BCUT2D eigenvalue weighted by Gasteiger charge is -2.11. The number of aryl methyl sites for hydroxylation is 4. The first kappa shape index (κ1) is 10.6. The molecule has 3 rings (SSSR count). The Kier molecular flexibility index (Phi) is 2.16. The maximum atomic E-state index is 2.26. The molecule has 0 amide bonds. The smallest absolute Gasteiger partial charge is 0.000799 e. The Bertz CT molecular complexity index is 563. The fraction of sp³-hybridized carbons (Fsp3) is 0.294. The molecule has 0 bridgehead atoms. The molecule has 17 heavy (non-hydrogen) atoms. The highest BCUT2D eigenvalue weighted by Gasteiger charge is 2.24. The summed E-state index contributed by atoms with van der Waals surface area (Å²) >= 11 is 0. The molecule has 86 valence electrons. The summed E-state index contributed by atoms with van der Waals surface area (Å²) in [5, 5.41) is 0. The largest absolute Gasteiger partial charge is 0.0587 e. The molecule has 0 aliphatic heterocycles. The number of hydrogen-bond donors (Lipinski definition) is 0. The minimum atomic E-state index is 1.12. The van der Waals surface area contributed by atoms with E-state index in [9.17, 15) is 0 Å². The van der Waals surface area contributed by atoms with Crippen molar-refractivity contribution in [2.24, 2.45) is 0 Å². The van der Waals surface area contributed by atoms with Gasteiger partial charge in [-0.05, 0) is 78.6 Å². The molecular weight excluding hydrogens is 204 g/mol. The van der Waals surface area contributed by atoms with Gasteiger partial charge in [-0.25, -0.2) is 0 Å². The second-order valence-electron chi connectivity index (χ2n) is 5.28. The van der Waals surface area contributed by atoms with Crippen LogP contribution in [-0.4, -0.2) is 0 Å². The van der Waals surface area contributed by atoms with Gasteiger partial charge in [0.05, 0.1) is 0 Å². The number of hydrogen-bond acceptors (Lipinski definition) is 0. The van der Waals surface area contributed by atoms with Gasteiger partial charge in [0.1, 0.15) is 0 Å². The molecule has 0 saturated carbocycles. The topological polar surface area (TPSA) is 0 Å². The standard InChI is InChI=1S/C17H18/c1-10-5-7-12(3)16-14(10)9-15-11(2)6-8-13(4)17(15)16/h5-8H,9H2,1-4H3. The Morgan fingerprint density at radius 1 is 0.588 bits per heavy atom. The molecule has 0 radical (unpaired) electrons. The van der Waals surface area contributed by atoms with Crippen LogP contribution >= 0.6 is 0 Å².